The first-order valence-corrected chi connectivity index (χ1v) is 8.32. The van der Waals surface area contributed by atoms with E-state index >= 15 is 0 Å². The molecule has 3 rings (SSSR count). The van der Waals surface area contributed by atoms with Crippen LogP contribution in [0.2, 0.25) is 0 Å². The highest BCUT2D eigenvalue weighted by atomic mass is 32.2. The van der Waals surface area contributed by atoms with E-state index in [4.69, 9.17) is 0 Å². The first-order chi connectivity index (χ1) is 9.33. The number of rotatable bonds is 3. The molecule has 19 heavy (non-hydrogen) atoms. The van der Waals surface area contributed by atoms with Crippen molar-refractivity contribution < 1.29 is 4.79 Å². The van der Waals surface area contributed by atoms with E-state index in [1.54, 1.807) is 0 Å². The Labute approximate surface area is 119 Å². The van der Waals surface area contributed by atoms with Crippen molar-refractivity contribution in [3.05, 3.63) is 29.8 Å². The van der Waals surface area contributed by atoms with Gasteiger partial charge in [0.25, 0.3) is 0 Å². The molecular weight excluding hydrogens is 254 g/mol. The smallest absolute Gasteiger partial charge is 0.220 e. The topological polar surface area (TPSA) is 29.1 Å². The molecule has 1 aromatic rings. The van der Waals surface area contributed by atoms with Crippen LogP contribution in [0.3, 0.4) is 0 Å². The molecule has 1 N–H and O–H groups in total. The molecule has 1 aliphatic carbocycles. The second-order valence-electron chi connectivity index (χ2n) is 5.65. The molecule has 1 aliphatic heterocycles. The minimum absolute atomic E-state index is 0.228. The second-order valence-corrected chi connectivity index (χ2v) is 6.79. The molecule has 102 valence electrons. The number of carbonyl (C=O) groups is 1. The fourth-order valence-electron chi connectivity index (χ4n) is 3.22. The molecule has 0 bridgehead atoms. The SMILES string of the molecule is O=C(CC1CCCC1)NC1CCSc2ccccc21. The van der Waals surface area contributed by atoms with Crippen molar-refractivity contribution in [3.8, 4) is 0 Å². The maximum atomic E-state index is 12.2. The Morgan fingerprint density at radius 3 is 2.84 bits per heavy atom. The van der Waals surface area contributed by atoms with Gasteiger partial charge in [0.05, 0.1) is 6.04 Å². The lowest BCUT2D eigenvalue weighted by atomic mass is 10.0. The normalized spacial score (nSPS) is 23.1. The third kappa shape index (κ3) is 3.14. The van der Waals surface area contributed by atoms with Gasteiger partial charge in [-0.15, -0.1) is 11.8 Å². The number of nitrogens with one attached hydrogen (secondary N) is 1. The number of carbonyl (C=O) groups excluding carboxylic acids is 1. The zero-order chi connectivity index (χ0) is 13.1. The van der Waals surface area contributed by atoms with Crippen molar-refractivity contribution in [3.63, 3.8) is 0 Å². The highest BCUT2D eigenvalue weighted by molar-refractivity contribution is 7.99. The van der Waals surface area contributed by atoms with E-state index in [1.807, 2.05) is 11.8 Å². The van der Waals surface area contributed by atoms with Gasteiger partial charge in [-0.2, -0.15) is 0 Å². The lowest BCUT2D eigenvalue weighted by Crippen LogP contribution is -2.31. The number of amides is 1. The average molecular weight is 275 g/mol. The van der Waals surface area contributed by atoms with Crippen molar-refractivity contribution in [1.82, 2.24) is 5.32 Å². The maximum absolute atomic E-state index is 12.2. The van der Waals surface area contributed by atoms with E-state index in [9.17, 15) is 4.79 Å². The molecule has 1 unspecified atom stereocenters. The molecule has 1 atom stereocenters. The largest absolute Gasteiger partial charge is 0.349 e. The van der Waals surface area contributed by atoms with E-state index in [2.05, 4.69) is 29.6 Å². The van der Waals surface area contributed by atoms with Gasteiger partial charge < -0.3 is 5.32 Å². The van der Waals surface area contributed by atoms with Gasteiger partial charge in [-0.1, -0.05) is 31.0 Å². The van der Waals surface area contributed by atoms with E-state index < -0.39 is 0 Å². The van der Waals surface area contributed by atoms with E-state index in [0.29, 0.717) is 5.92 Å². The van der Waals surface area contributed by atoms with Crippen LogP contribution >= 0.6 is 11.8 Å². The van der Waals surface area contributed by atoms with Crippen molar-refractivity contribution >= 4 is 17.7 Å². The number of benzene rings is 1. The van der Waals surface area contributed by atoms with Crippen LogP contribution < -0.4 is 5.32 Å². The summed E-state index contributed by atoms with van der Waals surface area (Å²) < 4.78 is 0. The summed E-state index contributed by atoms with van der Waals surface area (Å²) in [4.78, 5) is 13.5. The van der Waals surface area contributed by atoms with Crippen molar-refractivity contribution in [1.29, 1.82) is 0 Å². The third-order valence-electron chi connectivity index (χ3n) is 4.24. The highest BCUT2D eigenvalue weighted by Gasteiger charge is 2.24. The van der Waals surface area contributed by atoms with Crippen LogP contribution in [-0.2, 0) is 4.79 Å². The van der Waals surface area contributed by atoms with Gasteiger partial charge in [0.1, 0.15) is 0 Å². The summed E-state index contributed by atoms with van der Waals surface area (Å²) in [5.41, 5.74) is 1.30. The highest BCUT2D eigenvalue weighted by Crippen LogP contribution is 2.36. The molecule has 1 fully saturated rings. The molecular formula is C16H21NOS. The van der Waals surface area contributed by atoms with Gasteiger partial charge >= 0.3 is 0 Å². The fourth-order valence-corrected chi connectivity index (χ4v) is 4.35. The van der Waals surface area contributed by atoms with E-state index in [0.717, 1.165) is 18.6 Å². The number of hydrogen-bond acceptors (Lipinski definition) is 2. The van der Waals surface area contributed by atoms with Gasteiger partial charge in [0, 0.05) is 17.1 Å². The van der Waals surface area contributed by atoms with Crippen molar-refractivity contribution in [2.45, 2.75) is 49.5 Å². The molecule has 1 heterocycles. The molecule has 0 aromatic heterocycles. The van der Waals surface area contributed by atoms with Gasteiger partial charge in [0.2, 0.25) is 5.91 Å². The Morgan fingerprint density at radius 1 is 1.21 bits per heavy atom. The molecule has 1 saturated carbocycles. The van der Waals surface area contributed by atoms with E-state index in [-0.39, 0.29) is 11.9 Å². The Bertz CT molecular complexity index is 454. The lowest BCUT2D eigenvalue weighted by molar-refractivity contribution is -0.122. The quantitative estimate of drug-likeness (QED) is 0.906. The zero-order valence-electron chi connectivity index (χ0n) is 11.2. The molecule has 1 aromatic carbocycles. The molecule has 0 radical (unpaired) electrons. The predicted octanol–water partition coefficient (Wildman–Crippen LogP) is 3.92. The minimum atomic E-state index is 0.228. The Balaban J connectivity index is 1.62. The summed E-state index contributed by atoms with van der Waals surface area (Å²) in [6, 6.07) is 8.69. The predicted molar refractivity (Wildman–Crippen MR) is 79.2 cm³/mol. The zero-order valence-corrected chi connectivity index (χ0v) is 12.0. The van der Waals surface area contributed by atoms with Crippen LogP contribution in [0, 0.1) is 5.92 Å². The summed E-state index contributed by atoms with van der Waals surface area (Å²) in [6.45, 7) is 0. The van der Waals surface area contributed by atoms with Crippen molar-refractivity contribution in [2.75, 3.05) is 5.75 Å². The minimum Gasteiger partial charge on any atom is -0.349 e. The summed E-state index contributed by atoms with van der Waals surface area (Å²) in [7, 11) is 0. The Kier molecular flexibility index (Phi) is 4.12. The Hall–Kier alpha value is -0.960. The lowest BCUT2D eigenvalue weighted by Gasteiger charge is -2.26. The van der Waals surface area contributed by atoms with Gasteiger partial charge in [-0.25, -0.2) is 0 Å². The van der Waals surface area contributed by atoms with Crippen LogP contribution in [0.4, 0.5) is 0 Å². The first kappa shape index (κ1) is 13.0. The molecule has 0 spiro atoms. The number of hydrogen-bond donors (Lipinski definition) is 1. The first-order valence-electron chi connectivity index (χ1n) is 7.34. The van der Waals surface area contributed by atoms with E-state index in [1.165, 1.54) is 36.1 Å². The number of thioether (sulfide) groups is 1. The molecule has 2 nitrogen and oxygen atoms in total. The molecule has 2 aliphatic rings. The maximum Gasteiger partial charge on any atom is 0.220 e. The fraction of sp³-hybridized carbons (Fsp3) is 0.562. The summed E-state index contributed by atoms with van der Waals surface area (Å²) in [5, 5.41) is 3.25. The molecule has 1 amide bonds. The van der Waals surface area contributed by atoms with Crippen LogP contribution in [0.15, 0.2) is 29.2 Å². The third-order valence-corrected chi connectivity index (χ3v) is 5.37. The summed E-state index contributed by atoms with van der Waals surface area (Å²) >= 11 is 1.90. The standard InChI is InChI=1S/C16H21NOS/c18-16(11-12-5-1-2-6-12)17-14-9-10-19-15-8-4-3-7-13(14)15/h3-4,7-8,12,14H,1-2,5-6,9-11H2,(H,17,18). The second kappa shape index (κ2) is 6.00. The van der Waals surface area contributed by atoms with Gasteiger partial charge in [-0.05, 0) is 36.8 Å². The Morgan fingerprint density at radius 2 is 2.00 bits per heavy atom. The number of fused-ring (bicyclic) bond motifs is 1. The summed E-state index contributed by atoms with van der Waals surface area (Å²) in [6.07, 6.45) is 6.88. The monoisotopic (exact) mass is 275 g/mol. The van der Waals surface area contributed by atoms with Gasteiger partial charge in [-0.3, -0.25) is 4.79 Å². The van der Waals surface area contributed by atoms with Crippen molar-refractivity contribution in [2.24, 2.45) is 5.92 Å². The average Bonchev–Trinajstić information content (AvgIpc) is 2.92. The summed E-state index contributed by atoms with van der Waals surface area (Å²) in [5.74, 6) is 1.98. The molecule has 0 saturated heterocycles. The molecule has 3 heteroatoms. The van der Waals surface area contributed by atoms with Gasteiger partial charge in [0.15, 0.2) is 0 Å². The van der Waals surface area contributed by atoms with Crippen LogP contribution in [-0.4, -0.2) is 11.7 Å². The van der Waals surface area contributed by atoms with Crippen LogP contribution in [0.1, 0.15) is 50.1 Å². The van der Waals surface area contributed by atoms with Crippen LogP contribution in [0.25, 0.3) is 0 Å². The van der Waals surface area contributed by atoms with Crippen LogP contribution in [0.5, 0.6) is 0 Å².